The zero-order valence-electron chi connectivity index (χ0n) is 23.0. The van der Waals surface area contributed by atoms with Crippen LogP contribution in [0.5, 0.6) is 17.2 Å². The van der Waals surface area contributed by atoms with Crippen molar-refractivity contribution in [1.82, 2.24) is 19.9 Å². The van der Waals surface area contributed by atoms with Gasteiger partial charge in [0.2, 0.25) is 5.95 Å². The fourth-order valence-electron chi connectivity index (χ4n) is 4.14. The normalized spacial score (nSPS) is 11.5. The van der Waals surface area contributed by atoms with Gasteiger partial charge >= 0.3 is 6.36 Å². The van der Waals surface area contributed by atoms with Crippen LogP contribution >= 0.6 is 0 Å². The number of amides is 1. The molecule has 0 saturated heterocycles. The van der Waals surface area contributed by atoms with Crippen molar-refractivity contribution in [2.24, 2.45) is 7.05 Å². The molecule has 1 amide bonds. The molecule has 2 aromatic carbocycles. The SMILES string of the molecule is CC(=O)CCCNC(=O)c1cc(Oc2ccc3c(c2)nc(Nc2ccc(OC(F)(F)F)c(C(C)C)c2)n3C)ccn1. The maximum Gasteiger partial charge on any atom is 0.573 e. The number of anilines is 2. The molecule has 0 aliphatic carbocycles. The number of aromatic nitrogens is 3. The van der Waals surface area contributed by atoms with Gasteiger partial charge in [0, 0.05) is 44.0 Å². The summed E-state index contributed by atoms with van der Waals surface area (Å²) in [4.78, 5) is 32.2. The number of aryl methyl sites for hydroxylation is 1. The third kappa shape index (κ3) is 7.74. The van der Waals surface area contributed by atoms with E-state index in [2.05, 4.69) is 25.3 Å². The van der Waals surface area contributed by atoms with Crippen molar-refractivity contribution in [1.29, 1.82) is 0 Å². The molecule has 0 bridgehead atoms. The molecule has 0 atom stereocenters. The van der Waals surface area contributed by atoms with E-state index in [1.54, 1.807) is 38.1 Å². The van der Waals surface area contributed by atoms with Crippen LogP contribution in [-0.4, -0.2) is 39.1 Å². The van der Waals surface area contributed by atoms with E-state index in [0.717, 1.165) is 5.52 Å². The summed E-state index contributed by atoms with van der Waals surface area (Å²) >= 11 is 0. The first kappa shape index (κ1) is 29.4. The van der Waals surface area contributed by atoms with Gasteiger partial charge in [0.25, 0.3) is 5.91 Å². The molecule has 0 fully saturated rings. The van der Waals surface area contributed by atoms with Gasteiger partial charge in [-0.25, -0.2) is 4.98 Å². The number of pyridine rings is 1. The zero-order valence-corrected chi connectivity index (χ0v) is 23.0. The molecule has 0 unspecified atom stereocenters. The fraction of sp³-hybridized carbons (Fsp3) is 0.310. The van der Waals surface area contributed by atoms with Crippen LogP contribution in [-0.2, 0) is 11.8 Å². The van der Waals surface area contributed by atoms with E-state index < -0.39 is 6.36 Å². The molecular weight excluding hydrogens is 539 g/mol. The van der Waals surface area contributed by atoms with Crippen molar-refractivity contribution in [3.63, 3.8) is 0 Å². The number of Topliss-reactive ketones (excluding diaryl/α,β-unsaturated/α-hetero) is 1. The van der Waals surface area contributed by atoms with E-state index in [9.17, 15) is 22.8 Å². The van der Waals surface area contributed by atoms with Gasteiger partial charge in [-0.1, -0.05) is 13.8 Å². The Morgan fingerprint density at radius 3 is 2.51 bits per heavy atom. The standard InChI is InChI=1S/C29H30F3N5O4/c1-17(2)22-14-19(7-10-26(22)41-29(30,31)32)35-28-36-23-15-20(8-9-25(23)37(28)4)40-21-11-13-33-24(16-21)27(39)34-12-5-6-18(3)38/h7-11,13-17H,5-6,12H2,1-4H3,(H,34,39)(H,35,36). The van der Waals surface area contributed by atoms with Crippen LogP contribution in [0.25, 0.3) is 11.0 Å². The summed E-state index contributed by atoms with van der Waals surface area (Å²) in [5.41, 5.74) is 2.56. The highest BCUT2D eigenvalue weighted by molar-refractivity contribution is 5.92. The van der Waals surface area contributed by atoms with Crippen LogP contribution < -0.4 is 20.1 Å². The van der Waals surface area contributed by atoms with Gasteiger partial charge in [-0.2, -0.15) is 0 Å². The number of alkyl halides is 3. The zero-order chi connectivity index (χ0) is 29.7. The van der Waals surface area contributed by atoms with Crippen molar-refractivity contribution >= 4 is 34.4 Å². The molecule has 0 aliphatic rings. The number of rotatable bonds is 11. The molecule has 2 aromatic heterocycles. The Bertz CT molecular complexity index is 1570. The fourth-order valence-corrected chi connectivity index (χ4v) is 4.14. The minimum atomic E-state index is -4.78. The van der Waals surface area contributed by atoms with Gasteiger partial charge < -0.3 is 29.5 Å². The predicted molar refractivity (Wildman–Crippen MR) is 148 cm³/mol. The summed E-state index contributed by atoms with van der Waals surface area (Å²) in [6.07, 6.45) is -2.37. The second-order valence-corrected chi connectivity index (χ2v) is 9.77. The lowest BCUT2D eigenvalue weighted by molar-refractivity contribution is -0.274. The third-order valence-electron chi connectivity index (χ3n) is 6.16. The van der Waals surface area contributed by atoms with E-state index in [0.29, 0.717) is 53.6 Å². The first-order valence-electron chi connectivity index (χ1n) is 12.9. The molecule has 41 heavy (non-hydrogen) atoms. The predicted octanol–water partition coefficient (Wildman–Crippen LogP) is 6.63. The number of nitrogens with zero attached hydrogens (tertiary/aromatic N) is 3. The first-order chi connectivity index (χ1) is 19.4. The Balaban J connectivity index is 1.49. The molecular formula is C29H30F3N5O4. The first-order valence-corrected chi connectivity index (χ1v) is 12.9. The van der Waals surface area contributed by atoms with Crippen molar-refractivity contribution in [2.75, 3.05) is 11.9 Å². The number of benzene rings is 2. The van der Waals surface area contributed by atoms with Gasteiger partial charge in [-0.05, 0) is 61.2 Å². The summed E-state index contributed by atoms with van der Waals surface area (Å²) in [5.74, 6) is 0.615. The Kier molecular flexibility index (Phi) is 8.80. The Labute approximate surface area is 234 Å². The van der Waals surface area contributed by atoms with Crippen LogP contribution in [0.3, 0.4) is 0 Å². The Morgan fingerprint density at radius 2 is 1.80 bits per heavy atom. The molecule has 0 radical (unpaired) electrons. The number of halogens is 3. The third-order valence-corrected chi connectivity index (χ3v) is 6.16. The van der Waals surface area contributed by atoms with Crippen molar-refractivity contribution in [3.05, 3.63) is 66.0 Å². The second kappa shape index (κ2) is 12.3. The van der Waals surface area contributed by atoms with Gasteiger partial charge in [-0.3, -0.25) is 9.78 Å². The highest BCUT2D eigenvalue weighted by Gasteiger charge is 2.32. The van der Waals surface area contributed by atoms with Crippen molar-refractivity contribution in [3.8, 4) is 17.2 Å². The smallest absolute Gasteiger partial charge is 0.457 e. The number of carbonyl (C=O) groups is 2. The average Bonchev–Trinajstić information content (AvgIpc) is 3.20. The second-order valence-electron chi connectivity index (χ2n) is 9.77. The van der Waals surface area contributed by atoms with Gasteiger partial charge in [0.15, 0.2) is 0 Å². The van der Waals surface area contributed by atoms with E-state index in [1.165, 1.54) is 31.3 Å². The van der Waals surface area contributed by atoms with E-state index in [-0.39, 0.29) is 29.1 Å². The molecule has 12 heteroatoms. The number of ether oxygens (including phenoxy) is 2. The number of carbonyl (C=O) groups excluding carboxylic acids is 2. The molecule has 4 rings (SSSR count). The van der Waals surface area contributed by atoms with Crippen LogP contribution in [0.15, 0.2) is 54.7 Å². The lowest BCUT2D eigenvalue weighted by Crippen LogP contribution is -2.25. The highest BCUT2D eigenvalue weighted by Crippen LogP contribution is 2.35. The maximum absolute atomic E-state index is 12.8. The maximum atomic E-state index is 12.8. The van der Waals surface area contributed by atoms with Gasteiger partial charge in [0.05, 0.1) is 11.0 Å². The largest absolute Gasteiger partial charge is 0.573 e. The van der Waals surface area contributed by atoms with E-state index in [1.807, 2.05) is 17.7 Å². The van der Waals surface area contributed by atoms with Crippen LogP contribution in [0.1, 0.15) is 55.6 Å². The number of hydrogen-bond acceptors (Lipinski definition) is 7. The summed E-state index contributed by atoms with van der Waals surface area (Å²) < 4.78 is 50.4. The van der Waals surface area contributed by atoms with Crippen molar-refractivity contribution < 1.29 is 32.2 Å². The topological polar surface area (TPSA) is 107 Å². The van der Waals surface area contributed by atoms with Crippen LogP contribution in [0.2, 0.25) is 0 Å². The molecule has 2 N–H and O–H groups in total. The minimum absolute atomic E-state index is 0.0643. The van der Waals surface area contributed by atoms with Crippen LogP contribution in [0.4, 0.5) is 24.8 Å². The van der Waals surface area contributed by atoms with Crippen LogP contribution in [0, 0.1) is 0 Å². The minimum Gasteiger partial charge on any atom is -0.457 e. The molecule has 2 heterocycles. The highest BCUT2D eigenvalue weighted by atomic mass is 19.4. The summed E-state index contributed by atoms with van der Waals surface area (Å²) in [7, 11) is 1.81. The Morgan fingerprint density at radius 1 is 1.05 bits per heavy atom. The summed E-state index contributed by atoms with van der Waals surface area (Å²) in [6, 6.07) is 12.9. The number of ketones is 1. The quantitative estimate of drug-likeness (QED) is 0.195. The summed E-state index contributed by atoms with van der Waals surface area (Å²) in [5, 5.41) is 5.90. The lowest BCUT2D eigenvalue weighted by Gasteiger charge is -2.17. The molecule has 216 valence electrons. The number of hydrogen-bond donors (Lipinski definition) is 2. The average molecular weight is 570 g/mol. The summed E-state index contributed by atoms with van der Waals surface area (Å²) in [6.45, 7) is 5.44. The van der Waals surface area contributed by atoms with Gasteiger partial charge in [0.1, 0.15) is 28.7 Å². The molecule has 0 saturated carbocycles. The Hall–Kier alpha value is -4.61. The van der Waals surface area contributed by atoms with E-state index in [4.69, 9.17) is 4.74 Å². The number of imidazole rings is 1. The van der Waals surface area contributed by atoms with Gasteiger partial charge in [-0.15, -0.1) is 13.2 Å². The lowest BCUT2D eigenvalue weighted by atomic mass is 10.0. The number of nitrogens with one attached hydrogen (secondary N) is 2. The monoisotopic (exact) mass is 569 g/mol. The molecule has 9 nitrogen and oxygen atoms in total. The molecule has 0 aliphatic heterocycles. The van der Waals surface area contributed by atoms with E-state index >= 15 is 0 Å². The molecule has 0 spiro atoms. The van der Waals surface area contributed by atoms with Crippen molar-refractivity contribution in [2.45, 2.75) is 45.9 Å². The molecule has 4 aromatic rings. The number of fused-ring (bicyclic) bond motifs is 1.